The number of carbonyl (C=O) groups is 1. The minimum absolute atomic E-state index is 0.0251. The average molecular weight is 402 g/mol. The predicted molar refractivity (Wildman–Crippen MR) is 90.6 cm³/mol. The maximum absolute atomic E-state index is 13.5. The molecule has 10 heteroatoms. The number of carbonyl (C=O) groups excluding carboxylic acids is 1. The number of nitrogens with zero attached hydrogens (tertiary/aromatic N) is 3. The van der Waals surface area contributed by atoms with Gasteiger partial charge in [-0.25, -0.2) is 14.5 Å². The molecule has 0 atom stereocenters. The van der Waals surface area contributed by atoms with Crippen molar-refractivity contribution in [3.05, 3.63) is 52.1 Å². The molecule has 1 aromatic carbocycles. The van der Waals surface area contributed by atoms with Crippen LogP contribution in [-0.2, 0) is 10.9 Å². The normalized spacial score (nSPS) is 11.6. The second-order valence-corrected chi connectivity index (χ2v) is 6.34. The van der Waals surface area contributed by atoms with Crippen LogP contribution in [0.15, 0.2) is 35.8 Å². The molecule has 0 aliphatic rings. The first-order valence-corrected chi connectivity index (χ1v) is 8.61. The van der Waals surface area contributed by atoms with Crippen LogP contribution >= 0.6 is 22.9 Å². The van der Waals surface area contributed by atoms with Gasteiger partial charge in [0.2, 0.25) is 5.13 Å². The van der Waals surface area contributed by atoms with Gasteiger partial charge in [0.05, 0.1) is 18.5 Å². The Hall–Kier alpha value is -2.39. The van der Waals surface area contributed by atoms with Crippen LogP contribution in [0.3, 0.4) is 0 Å². The van der Waals surface area contributed by atoms with Crippen LogP contribution in [0.4, 0.5) is 13.2 Å². The number of alkyl halides is 3. The zero-order valence-corrected chi connectivity index (χ0v) is 14.8. The maximum Gasteiger partial charge on any atom is 0.434 e. The van der Waals surface area contributed by atoms with Crippen LogP contribution in [0.25, 0.3) is 16.4 Å². The van der Waals surface area contributed by atoms with Gasteiger partial charge in [0.25, 0.3) is 0 Å². The van der Waals surface area contributed by atoms with E-state index in [4.69, 9.17) is 11.6 Å². The maximum atomic E-state index is 13.5. The quantitative estimate of drug-likeness (QED) is 0.587. The van der Waals surface area contributed by atoms with E-state index in [9.17, 15) is 18.0 Å². The van der Waals surface area contributed by atoms with Gasteiger partial charge in [0.1, 0.15) is 5.56 Å². The van der Waals surface area contributed by atoms with Crippen LogP contribution in [0.2, 0.25) is 5.02 Å². The molecule has 2 heterocycles. The molecule has 0 radical (unpaired) electrons. The summed E-state index contributed by atoms with van der Waals surface area (Å²) >= 11 is 6.90. The first-order valence-electron chi connectivity index (χ1n) is 7.35. The fourth-order valence-electron chi connectivity index (χ4n) is 2.27. The Labute approximate surface area is 155 Å². The minimum Gasteiger partial charge on any atom is -0.462 e. The largest absolute Gasteiger partial charge is 0.462 e. The highest BCUT2D eigenvalue weighted by Gasteiger charge is 2.41. The standard InChI is InChI=1S/C16H11ClF3N3O2S/c1-2-25-14(24)11-7-21-23(13(11)16(18,19)20)15-22-12(8-26-15)9-4-3-5-10(17)6-9/h3-8H,2H2,1H3. The highest BCUT2D eigenvalue weighted by Crippen LogP contribution is 2.35. The molecular formula is C16H11ClF3N3O2S. The number of benzene rings is 1. The van der Waals surface area contributed by atoms with Crippen molar-refractivity contribution in [2.24, 2.45) is 0 Å². The summed E-state index contributed by atoms with van der Waals surface area (Å²) in [6, 6.07) is 6.78. The Morgan fingerprint density at radius 2 is 2.15 bits per heavy atom. The summed E-state index contributed by atoms with van der Waals surface area (Å²) in [6.45, 7) is 1.46. The lowest BCUT2D eigenvalue weighted by molar-refractivity contribution is -0.143. The lowest BCUT2D eigenvalue weighted by Crippen LogP contribution is -2.18. The molecule has 0 aliphatic heterocycles. The zero-order valence-electron chi connectivity index (χ0n) is 13.2. The van der Waals surface area contributed by atoms with E-state index in [2.05, 4.69) is 14.8 Å². The van der Waals surface area contributed by atoms with Crippen LogP contribution in [0, 0.1) is 0 Å². The van der Waals surface area contributed by atoms with Gasteiger partial charge in [-0.05, 0) is 19.1 Å². The van der Waals surface area contributed by atoms with Crippen molar-refractivity contribution in [1.82, 2.24) is 14.8 Å². The number of rotatable bonds is 4. The third-order valence-electron chi connectivity index (χ3n) is 3.33. The smallest absolute Gasteiger partial charge is 0.434 e. The predicted octanol–water partition coefficient (Wildman–Crippen LogP) is 4.84. The molecular weight excluding hydrogens is 391 g/mol. The fraction of sp³-hybridized carbons (Fsp3) is 0.188. The van der Waals surface area contributed by atoms with Gasteiger partial charge in [-0.2, -0.15) is 18.3 Å². The third kappa shape index (κ3) is 3.58. The monoisotopic (exact) mass is 401 g/mol. The summed E-state index contributed by atoms with van der Waals surface area (Å²) in [5.41, 5.74) is -0.762. The van der Waals surface area contributed by atoms with Crippen molar-refractivity contribution in [2.45, 2.75) is 13.1 Å². The van der Waals surface area contributed by atoms with E-state index >= 15 is 0 Å². The van der Waals surface area contributed by atoms with Crippen molar-refractivity contribution in [1.29, 1.82) is 0 Å². The molecule has 0 unspecified atom stereocenters. The Bertz CT molecular complexity index is 952. The zero-order chi connectivity index (χ0) is 18.9. The summed E-state index contributed by atoms with van der Waals surface area (Å²) in [7, 11) is 0. The first-order chi connectivity index (χ1) is 12.3. The van der Waals surface area contributed by atoms with Crippen molar-refractivity contribution in [3.8, 4) is 16.4 Å². The number of esters is 1. The van der Waals surface area contributed by atoms with Crippen molar-refractivity contribution in [3.63, 3.8) is 0 Å². The first kappa shape index (κ1) is 18.4. The molecule has 0 fully saturated rings. The van der Waals surface area contributed by atoms with E-state index < -0.39 is 23.4 Å². The fourth-order valence-corrected chi connectivity index (χ4v) is 3.25. The molecule has 3 rings (SSSR count). The Morgan fingerprint density at radius 1 is 1.38 bits per heavy atom. The number of hydrogen-bond acceptors (Lipinski definition) is 5. The molecule has 2 aromatic heterocycles. The summed E-state index contributed by atoms with van der Waals surface area (Å²) < 4.78 is 45.8. The number of aromatic nitrogens is 3. The molecule has 136 valence electrons. The molecule has 26 heavy (non-hydrogen) atoms. The van der Waals surface area contributed by atoms with Crippen LogP contribution in [0.1, 0.15) is 23.0 Å². The average Bonchev–Trinajstić information content (AvgIpc) is 3.21. The highest BCUT2D eigenvalue weighted by atomic mass is 35.5. The van der Waals surface area contributed by atoms with Crippen LogP contribution in [0.5, 0.6) is 0 Å². The summed E-state index contributed by atoms with van der Waals surface area (Å²) in [5, 5.41) is 5.75. The lowest BCUT2D eigenvalue weighted by atomic mass is 10.2. The van der Waals surface area contributed by atoms with Gasteiger partial charge in [-0.15, -0.1) is 11.3 Å². The SMILES string of the molecule is CCOC(=O)c1cnn(-c2nc(-c3cccc(Cl)c3)cs2)c1C(F)(F)F. The van der Waals surface area contributed by atoms with E-state index in [1.165, 1.54) is 6.92 Å². The van der Waals surface area contributed by atoms with Gasteiger partial charge in [-0.1, -0.05) is 23.7 Å². The number of thiazole rings is 1. The van der Waals surface area contributed by atoms with E-state index in [1.807, 2.05) is 0 Å². The van der Waals surface area contributed by atoms with Crippen LogP contribution in [-0.4, -0.2) is 27.3 Å². The molecule has 0 saturated heterocycles. The molecule has 5 nitrogen and oxygen atoms in total. The van der Waals surface area contributed by atoms with E-state index in [0.29, 0.717) is 21.0 Å². The molecule has 0 amide bonds. The topological polar surface area (TPSA) is 57.0 Å². The second kappa shape index (κ2) is 7.08. The van der Waals surface area contributed by atoms with Crippen molar-refractivity contribution >= 4 is 28.9 Å². The molecule has 0 aliphatic carbocycles. The molecule has 0 bridgehead atoms. The summed E-state index contributed by atoms with van der Waals surface area (Å²) in [6.07, 6.45) is -3.97. The number of halogens is 4. The molecule has 0 N–H and O–H groups in total. The summed E-state index contributed by atoms with van der Waals surface area (Å²) in [4.78, 5) is 16.0. The Kier molecular flexibility index (Phi) is 5.01. The van der Waals surface area contributed by atoms with Crippen molar-refractivity contribution in [2.75, 3.05) is 6.61 Å². The third-order valence-corrected chi connectivity index (χ3v) is 4.38. The van der Waals surface area contributed by atoms with E-state index in [-0.39, 0.29) is 11.7 Å². The highest BCUT2D eigenvalue weighted by molar-refractivity contribution is 7.12. The van der Waals surface area contributed by atoms with Gasteiger partial charge >= 0.3 is 12.1 Å². The van der Waals surface area contributed by atoms with Crippen molar-refractivity contribution < 1.29 is 22.7 Å². The lowest BCUT2D eigenvalue weighted by Gasteiger charge is -2.10. The van der Waals surface area contributed by atoms with E-state index in [1.54, 1.807) is 29.6 Å². The van der Waals surface area contributed by atoms with Gasteiger partial charge < -0.3 is 4.74 Å². The van der Waals surface area contributed by atoms with Gasteiger partial charge in [0, 0.05) is 16.0 Å². The molecule has 0 spiro atoms. The second-order valence-electron chi connectivity index (χ2n) is 5.06. The summed E-state index contributed by atoms with van der Waals surface area (Å²) in [5.74, 6) is -1.09. The van der Waals surface area contributed by atoms with Gasteiger partial charge in [-0.3, -0.25) is 0 Å². The molecule has 0 saturated carbocycles. The van der Waals surface area contributed by atoms with Gasteiger partial charge in [0.15, 0.2) is 5.69 Å². The number of ether oxygens (including phenoxy) is 1. The molecule has 3 aromatic rings. The Morgan fingerprint density at radius 3 is 2.81 bits per heavy atom. The van der Waals surface area contributed by atoms with E-state index in [0.717, 1.165) is 17.5 Å². The minimum atomic E-state index is -4.81. The Balaban J connectivity index is 2.06. The van der Waals surface area contributed by atoms with Crippen LogP contribution < -0.4 is 0 Å². The number of hydrogen-bond donors (Lipinski definition) is 0.